The Morgan fingerprint density at radius 1 is 1.22 bits per heavy atom. The van der Waals surface area contributed by atoms with Crippen LogP contribution in [0.3, 0.4) is 0 Å². The van der Waals surface area contributed by atoms with E-state index in [0.717, 1.165) is 5.56 Å². The standard InChI is InChI=1S/C14H19NO3/c1-9(2)15-13(16)8-12(14(17)18)11-6-4-10(3)5-7-11/h4-7,9,12H,8H2,1-3H3,(H,15,16)(H,17,18). The minimum absolute atomic E-state index is 0.0185. The van der Waals surface area contributed by atoms with Crippen LogP contribution in [-0.2, 0) is 9.59 Å². The smallest absolute Gasteiger partial charge is 0.311 e. The molecule has 0 saturated heterocycles. The highest BCUT2D eigenvalue weighted by Gasteiger charge is 2.23. The molecule has 18 heavy (non-hydrogen) atoms. The minimum Gasteiger partial charge on any atom is -0.481 e. The number of carbonyl (C=O) groups excluding carboxylic acids is 1. The maximum absolute atomic E-state index is 11.6. The molecule has 1 aromatic carbocycles. The highest BCUT2D eigenvalue weighted by Crippen LogP contribution is 2.20. The monoisotopic (exact) mass is 249 g/mol. The van der Waals surface area contributed by atoms with Crippen LogP contribution >= 0.6 is 0 Å². The zero-order valence-corrected chi connectivity index (χ0v) is 10.9. The molecule has 0 aliphatic heterocycles. The van der Waals surface area contributed by atoms with Crippen molar-refractivity contribution in [1.82, 2.24) is 5.32 Å². The predicted octanol–water partition coefficient (Wildman–Crippen LogP) is 2.08. The average molecular weight is 249 g/mol. The largest absolute Gasteiger partial charge is 0.481 e. The number of hydrogen-bond acceptors (Lipinski definition) is 2. The topological polar surface area (TPSA) is 66.4 Å². The van der Waals surface area contributed by atoms with Gasteiger partial charge in [0.1, 0.15) is 0 Å². The van der Waals surface area contributed by atoms with Crippen molar-refractivity contribution in [3.05, 3.63) is 35.4 Å². The van der Waals surface area contributed by atoms with E-state index in [4.69, 9.17) is 0 Å². The quantitative estimate of drug-likeness (QED) is 0.839. The molecule has 0 aliphatic rings. The Kier molecular flexibility index (Phi) is 4.89. The van der Waals surface area contributed by atoms with E-state index >= 15 is 0 Å². The van der Waals surface area contributed by atoms with Crippen LogP contribution in [0.15, 0.2) is 24.3 Å². The fourth-order valence-corrected chi connectivity index (χ4v) is 1.71. The maximum atomic E-state index is 11.6. The highest BCUT2D eigenvalue weighted by molar-refractivity contribution is 5.85. The molecule has 1 amide bonds. The van der Waals surface area contributed by atoms with Crippen LogP contribution in [0.5, 0.6) is 0 Å². The van der Waals surface area contributed by atoms with Gasteiger partial charge in [0.05, 0.1) is 5.92 Å². The number of aliphatic carboxylic acids is 1. The Labute approximate surface area is 107 Å². The molecule has 0 saturated carbocycles. The van der Waals surface area contributed by atoms with Crippen molar-refractivity contribution in [3.63, 3.8) is 0 Å². The van der Waals surface area contributed by atoms with E-state index in [1.54, 1.807) is 12.1 Å². The van der Waals surface area contributed by atoms with E-state index in [1.165, 1.54) is 0 Å². The Morgan fingerprint density at radius 2 is 1.78 bits per heavy atom. The molecule has 1 unspecified atom stereocenters. The lowest BCUT2D eigenvalue weighted by Gasteiger charge is -2.14. The van der Waals surface area contributed by atoms with Gasteiger partial charge in [-0.15, -0.1) is 0 Å². The molecule has 0 radical (unpaired) electrons. The molecule has 1 atom stereocenters. The molecule has 2 N–H and O–H groups in total. The van der Waals surface area contributed by atoms with Gasteiger partial charge < -0.3 is 10.4 Å². The number of benzene rings is 1. The molecule has 1 rings (SSSR count). The molecule has 0 aliphatic carbocycles. The number of hydrogen-bond donors (Lipinski definition) is 2. The second-order valence-electron chi connectivity index (χ2n) is 4.73. The number of carbonyl (C=O) groups is 2. The summed E-state index contributed by atoms with van der Waals surface area (Å²) >= 11 is 0. The first kappa shape index (κ1) is 14.2. The summed E-state index contributed by atoms with van der Waals surface area (Å²) in [7, 11) is 0. The lowest BCUT2D eigenvalue weighted by Crippen LogP contribution is -2.32. The van der Waals surface area contributed by atoms with E-state index < -0.39 is 11.9 Å². The van der Waals surface area contributed by atoms with Gasteiger partial charge in [-0.2, -0.15) is 0 Å². The fraction of sp³-hybridized carbons (Fsp3) is 0.429. The third-order valence-electron chi connectivity index (χ3n) is 2.62. The summed E-state index contributed by atoms with van der Waals surface area (Å²) < 4.78 is 0. The molecule has 98 valence electrons. The van der Waals surface area contributed by atoms with Gasteiger partial charge in [-0.25, -0.2) is 0 Å². The Bertz CT molecular complexity index is 423. The zero-order chi connectivity index (χ0) is 13.7. The van der Waals surface area contributed by atoms with Crippen molar-refractivity contribution >= 4 is 11.9 Å². The minimum atomic E-state index is -0.974. The van der Waals surface area contributed by atoms with Gasteiger partial charge in [-0.3, -0.25) is 9.59 Å². The second-order valence-corrected chi connectivity index (χ2v) is 4.73. The van der Waals surface area contributed by atoms with Gasteiger partial charge in [0.15, 0.2) is 0 Å². The molecule has 0 bridgehead atoms. The number of aryl methyl sites for hydroxylation is 1. The van der Waals surface area contributed by atoms with Gasteiger partial charge >= 0.3 is 5.97 Å². The van der Waals surface area contributed by atoms with Crippen molar-refractivity contribution < 1.29 is 14.7 Å². The first-order chi connectivity index (χ1) is 8.40. The number of amides is 1. The highest BCUT2D eigenvalue weighted by atomic mass is 16.4. The summed E-state index contributed by atoms with van der Waals surface area (Å²) in [4.78, 5) is 22.9. The summed E-state index contributed by atoms with van der Waals surface area (Å²) in [5, 5.41) is 11.9. The normalized spacial score (nSPS) is 12.2. The van der Waals surface area contributed by atoms with Crippen LogP contribution < -0.4 is 5.32 Å². The van der Waals surface area contributed by atoms with Crippen molar-refractivity contribution in [2.45, 2.75) is 39.2 Å². The van der Waals surface area contributed by atoms with Crippen LogP contribution in [-0.4, -0.2) is 23.0 Å². The van der Waals surface area contributed by atoms with Crippen LogP contribution in [0.2, 0.25) is 0 Å². The van der Waals surface area contributed by atoms with Crippen LogP contribution in [0.1, 0.15) is 37.3 Å². The summed E-state index contributed by atoms with van der Waals surface area (Å²) in [5.74, 6) is -2.00. The Morgan fingerprint density at radius 3 is 2.22 bits per heavy atom. The van der Waals surface area contributed by atoms with E-state index in [-0.39, 0.29) is 18.4 Å². The van der Waals surface area contributed by atoms with Gasteiger partial charge in [0, 0.05) is 12.5 Å². The average Bonchev–Trinajstić information content (AvgIpc) is 2.26. The molecular formula is C14H19NO3. The Balaban J connectivity index is 2.80. The van der Waals surface area contributed by atoms with Crippen LogP contribution in [0, 0.1) is 6.92 Å². The zero-order valence-electron chi connectivity index (χ0n) is 10.9. The number of carboxylic acid groups (broad SMARTS) is 1. The summed E-state index contributed by atoms with van der Waals surface area (Å²) in [6.07, 6.45) is -0.0312. The summed E-state index contributed by atoms with van der Waals surface area (Å²) in [6, 6.07) is 7.25. The number of rotatable bonds is 5. The molecule has 0 fully saturated rings. The van der Waals surface area contributed by atoms with E-state index in [2.05, 4.69) is 5.32 Å². The van der Waals surface area contributed by atoms with Gasteiger partial charge in [0.25, 0.3) is 0 Å². The predicted molar refractivity (Wildman–Crippen MR) is 69.5 cm³/mol. The molecule has 1 aromatic rings. The third kappa shape index (κ3) is 4.20. The molecule has 0 aromatic heterocycles. The van der Waals surface area contributed by atoms with E-state index in [9.17, 15) is 14.7 Å². The van der Waals surface area contributed by atoms with Gasteiger partial charge in [-0.1, -0.05) is 29.8 Å². The van der Waals surface area contributed by atoms with Crippen molar-refractivity contribution in [2.24, 2.45) is 0 Å². The third-order valence-corrected chi connectivity index (χ3v) is 2.62. The SMILES string of the molecule is Cc1ccc(C(CC(=O)NC(C)C)C(=O)O)cc1. The van der Waals surface area contributed by atoms with E-state index in [1.807, 2.05) is 32.9 Å². The molecule has 4 heteroatoms. The first-order valence-electron chi connectivity index (χ1n) is 5.99. The van der Waals surface area contributed by atoms with Gasteiger partial charge in [0.2, 0.25) is 5.91 Å². The first-order valence-corrected chi connectivity index (χ1v) is 5.99. The molecule has 4 nitrogen and oxygen atoms in total. The fourth-order valence-electron chi connectivity index (χ4n) is 1.71. The second kappa shape index (κ2) is 6.19. The Hall–Kier alpha value is -1.84. The molecule has 0 spiro atoms. The van der Waals surface area contributed by atoms with Crippen molar-refractivity contribution in [2.75, 3.05) is 0 Å². The van der Waals surface area contributed by atoms with Crippen LogP contribution in [0.4, 0.5) is 0 Å². The number of nitrogens with one attached hydrogen (secondary N) is 1. The lowest BCUT2D eigenvalue weighted by atomic mass is 9.94. The van der Waals surface area contributed by atoms with Crippen molar-refractivity contribution in [3.8, 4) is 0 Å². The maximum Gasteiger partial charge on any atom is 0.311 e. The summed E-state index contributed by atoms with van der Waals surface area (Å²) in [6.45, 7) is 5.63. The van der Waals surface area contributed by atoms with Gasteiger partial charge in [-0.05, 0) is 26.3 Å². The van der Waals surface area contributed by atoms with E-state index in [0.29, 0.717) is 5.56 Å². The summed E-state index contributed by atoms with van der Waals surface area (Å²) in [5.41, 5.74) is 1.72. The number of carboxylic acids is 1. The molecular weight excluding hydrogens is 230 g/mol. The lowest BCUT2D eigenvalue weighted by molar-refractivity contribution is -0.140. The van der Waals surface area contributed by atoms with Crippen molar-refractivity contribution in [1.29, 1.82) is 0 Å². The molecule has 0 heterocycles. The van der Waals surface area contributed by atoms with Crippen LogP contribution in [0.25, 0.3) is 0 Å².